The molecule has 0 heterocycles. The molecule has 3 nitrogen and oxygen atoms in total. The van der Waals surface area contributed by atoms with Crippen molar-refractivity contribution < 1.29 is 14.3 Å². The van der Waals surface area contributed by atoms with Crippen LogP contribution in [0.4, 0.5) is 0 Å². The van der Waals surface area contributed by atoms with Gasteiger partial charge in [0.1, 0.15) is 19.0 Å². The van der Waals surface area contributed by atoms with Crippen LogP contribution in [-0.4, -0.2) is 25.6 Å². The number of hydrogen-bond donors (Lipinski definition) is 0. The number of carbonyl (C=O) groups excluding carboxylic acids is 1. The van der Waals surface area contributed by atoms with Gasteiger partial charge in [-0.15, -0.1) is 0 Å². The van der Waals surface area contributed by atoms with E-state index in [-0.39, 0.29) is 17.8 Å². The van der Waals surface area contributed by atoms with Crippen molar-refractivity contribution >= 4 is 5.78 Å². The van der Waals surface area contributed by atoms with Crippen molar-refractivity contribution in [3.05, 3.63) is 54.1 Å². The first kappa shape index (κ1) is 18.2. The molecule has 2 aromatic carbocycles. The molecular formula is C21H26O3. The first-order valence-electron chi connectivity index (χ1n) is 8.27. The smallest absolute Gasteiger partial charge is 0.155 e. The molecular weight excluding hydrogens is 300 g/mol. The van der Waals surface area contributed by atoms with Crippen LogP contribution < -0.4 is 4.74 Å². The lowest BCUT2D eigenvalue weighted by atomic mass is 9.86. The van der Waals surface area contributed by atoms with Gasteiger partial charge in [0, 0.05) is 0 Å². The third-order valence-electron chi connectivity index (χ3n) is 3.74. The summed E-state index contributed by atoms with van der Waals surface area (Å²) < 4.78 is 10.8. The SMILES string of the molecule is CC(=O)COCCOc1ccc(-c2ccc(C(C)(C)C)cc2)cc1. The average molecular weight is 326 g/mol. The fourth-order valence-electron chi connectivity index (χ4n) is 2.34. The molecule has 0 saturated heterocycles. The Bertz CT molecular complexity index is 649. The minimum Gasteiger partial charge on any atom is -0.491 e. The van der Waals surface area contributed by atoms with Gasteiger partial charge in [-0.3, -0.25) is 4.79 Å². The minimum atomic E-state index is 0.0248. The number of rotatable bonds is 7. The highest BCUT2D eigenvalue weighted by molar-refractivity contribution is 5.76. The van der Waals surface area contributed by atoms with Crippen LogP contribution in [0.3, 0.4) is 0 Å². The van der Waals surface area contributed by atoms with Gasteiger partial charge in [0.25, 0.3) is 0 Å². The van der Waals surface area contributed by atoms with Gasteiger partial charge in [0.2, 0.25) is 0 Å². The molecule has 0 aliphatic heterocycles. The number of ketones is 1. The lowest BCUT2D eigenvalue weighted by Crippen LogP contribution is -2.11. The Labute approximate surface area is 144 Å². The first-order chi connectivity index (χ1) is 11.4. The van der Waals surface area contributed by atoms with E-state index in [1.165, 1.54) is 18.1 Å². The summed E-state index contributed by atoms with van der Waals surface area (Å²) in [6, 6.07) is 16.7. The Hall–Kier alpha value is -2.13. The second-order valence-electron chi connectivity index (χ2n) is 6.95. The Balaban J connectivity index is 1.91. The van der Waals surface area contributed by atoms with Crippen LogP contribution in [0.2, 0.25) is 0 Å². The lowest BCUT2D eigenvalue weighted by molar-refractivity contribution is -0.121. The Kier molecular flexibility index (Phi) is 6.16. The first-order valence-corrected chi connectivity index (χ1v) is 8.27. The van der Waals surface area contributed by atoms with Gasteiger partial charge < -0.3 is 9.47 Å². The maximum Gasteiger partial charge on any atom is 0.155 e. The quantitative estimate of drug-likeness (QED) is 0.696. The summed E-state index contributed by atoms with van der Waals surface area (Å²) in [4.78, 5) is 10.8. The molecule has 0 atom stereocenters. The van der Waals surface area contributed by atoms with E-state index in [0.29, 0.717) is 13.2 Å². The molecule has 0 spiro atoms. The van der Waals surface area contributed by atoms with Crippen molar-refractivity contribution in [3.8, 4) is 16.9 Å². The van der Waals surface area contributed by atoms with Crippen LogP contribution in [0.15, 0.2) is 48.5 Å². The summed E-state index contributed by atoms with van der Waals surface area (Å²) in [6.45, 7) is 9.15. The zero-order valence-corrected chi connectivity index (χ0v) is 15.0. The number of Topliss-reactive ketones (excluding diaryl/α,β-unsaturated/α-hetero) is 1. The maximum absolute atomic E-state index is 10.8. The van der Waals surface area contributed by atoms with E-state index in [9.17, 15) is 4.79 Å². The van der Waals surface area contributed by atoms with E-state index < -0.39 is 0 Å². The fraction of sp³-hybridized carbons (Fsp3) is 0.381. The Morgan fingerprint density at radius 2 is 1.42 bits per heavy atom. The Morgan fingerprint density at radius 1 is 0.875 bits per heavy atom. The summed E-state index contributed by atoms with van der Waals surface area (Å²) in [5.74, 6) is 0.827. The molecule has 0 aromatic heterocycles. The topological polar surface area (TPSA) is 35.5 Å². The number of benzene rings is 2. The molecule has 2 rings (SSSR count). The minimum absolute atomic E-state index is 0.0248. The average Bonchev–Trinajstić information content (AvgIpc) is 2.54. The molecule has 0 fully saturated rings. The van der Waals surface area contributed by atoms with Gasteiger partial charge >= 0.3 is 0 Å². The van der Waals surface area contributed by atoms with Crippen molar-refractivity contribution in [2.24, 2.45) is 0 Å². The fourth-order valence-corrected chi connectivity index (χ4v) is 2.34. The molecule has 0 aliphatic carbocycles. The number of ether oxygens (including phenoxy) is 2. The van der Waals surface area contributed by atoms with Crippen molar-refractivity contribution in [1.82, 2.24) is 0 Å². The number of carbonyl (C=O) groups is 1. The van der Waals surface area contributed by atoms with Crippen molar-refractivity contribution in [1.29, 1.82) is 0 Å². The van der Waals surface area contributed by atoms with E-state index in [1.54, 1.807) is 0 Å². The monoisotopic (exact) mass is 326 g/mol. The molecule has 128 valence electrons. The molecule has 24 heavy (non-hydrogen) atoms. The molecule has 0 saturated carbocycles. The predicted molar refractivity (Wildman–Crippen MR) is 97.6 cm³/mol. The molecule has 3 heteroatoms. The summed E-state index contributed by atoms with van der Waals surface area (Å²) >= 11 is 0. The van der Waals surface area contributed by atoms with Gasteiger partial charge in [0.15, 0.2) is 5.78 Å². The largest absolute Gasteiger partial charge is 0.491 e. The third-order valence-corrected chi connectivity index (χ3v) is 3.74. The van der Waals surface area contributed by atoms with Gasteiger partial charge in [-0.1, -0.05) is 57.2 Å². The summed E-state index contributed by atoms with van der Waals surface area (Å²) in [6.07, 6.45) is 0. The van der Waals surface area contributed by atoms with Crippen LogP contribution in [0.25, 0.3) is 11.1 Å². The molecule has 0 radical (unpaired) electrons. The van der Waals surface area contributed by atoms with E-state index in [2.05, 4.69) is 57.2 Å². The molecule has 0 amide bonds. The molecule has 0 N–H and O–H groups in total. The normalized spacial score (nSPS) is 11.3. The predicted octanol–water partition coefficient (Wildman–Crippen LogP) is 4.64. The summed E-state index contributed by atoms with van der Waals surface area (Å²) in [5, 5.41) is 0. The van der Waals surface area contributed by atoms with E-state index in [0.717, 1.165) is 11.3 Å². The molecule has 0 bridgehead atoms. The number of hydrogen-bond acceptors (Lipinski definition) is 3. The standard InChI is InChI=1S/C21H26O3/c1-16(22)15-23-13-14-24-20-11-7-18(8-12-20)17-5-9-19(10-6-17)21(2,3)4/h5-12H,13-15H2,1-4H3. The van der Waals surface area contributed by atoms with Crippen LogP contribution in [0, 0.1) is 0 Å². The highest BCUT2D eigenvalue weighted by atomic mass is 16.5. The van der Waals surface area contributed by atoms with Gasteiger partial charge in [-0.25, -0.2) is 0 Å². The van der Waals surface area contributed by atoms with E-state index >= 15 is 0 Å². The summed E-state index contributed by atoms with van der Waals surface area (Å²) in [7, 11) is 0. The van der Waals surface area contributed by atoms with Crippen LogP contribution in [-0.2, 0) is 14.9 Å². The zero-order valence-electron chi connectivity index (χ0n) is 15.0. The van der Waals surface area contributed by atoms with E-state index in [4.69, 9.17) is 9.47 Å². The van der Waals surface area contributed by atoms with Crippen molar-refractivity contribution in [2.75, 3.05) is 19.8 Å². The van der Waals surface area contributed by atoms with Crippen LogP contribution >= 0.6 is 0 Å². The highest BCUT2D eigenvalue weighted by Gasteiger charge is 2.13. The lowest BCUT2D eigenvalue weighted by Gasteiger charge is -2.19. The van der Waals surface area contributed by atoms with Crippen LogP contribution in [0.5, 0.6) is 5.75 Å². The zero-order chi connectivity index (χ0) is 17.6. The van der Waals surface area contributed by atoms with Gasteiger partial charge in [-0.2, -0.15) is 0 Å². The van der Waals surface area contributed by atoms with E-state index in [1.807, 2.05) is 12.1 Å². The second kappa shape index (κ2) is 8.11. The van der Waals surface area contributed by atoms with Crippen molar-refractivity contribution in [2.45, 2.75) is 33.1 Å². The molecule has 2 aromatic rings. The molecule has 0 unspecified atom stereocenters. The highest BCUT2D eigenvalue weighted by Crippen LogP contribution is 2.27. The maximum atomic E-state index is 10.8. The Morgan fingerprint density at radius 3 is 1.92 bits per heavy atom. The van der Waals surface area contributed by atoms with Gasteiger partial charge in [0.05, 0.1) is 6.61 Å². The van der Waals surface area contributed by atoms with Crippen molar-refractivity contribution in [3.63, 3.8) is 0 Å². The van der Waals surface area contributed by atoms with Crippen LogP contribution in [0.1, 0.15) is 33.3 Å². The van der Waals surface area contributed by atoms with Gasteiger partial charge in [-0.05, 0) is 41.2 Å². The molecule has 0 aliphatic rings. The third kappa shape index (κ3) is 5.50. The summed E-state index contributed by atoms with van der Waals surface area (Å²) in [5.41, 5.74) is 3.85. The second-order valence-corrected chi connectivity index (χ2v) is 6.95.